The Bertz CT molecular complexity index is 1190. The van der Waals surface area contributed by atoms with E-state index in [0.717, 1.165) is 19.3 Å². The number of rotatable bonds is 17. The monoisotopic (exact) mass is 637 g/mol. The summed E-state index contributed by atoms with van der Waals surface area (Å²) in [6.07, 6.45) is 11.1. The van der Waals surface area contributed by atoms with Gasteiger partial charge in [-0.3, -0.25) is 14.6 Å². The summed E-state index contributed by atoms with van der Waals surface area (Å²) in [7, 11) is 1.10. The first-order valence-corrected chi connectivity index (χ1v) is 17.9. The van der Waals surface area contributed by atoms with Gasteiger partial charge in [0.1, 0.15) is 6.04 Å². The van der Waals surface area contributed by atoms with Crippen LogP contribution in [0.2, 0.25) is 0 Å². The molecule has 4 aliphatic rings. The normalized spacial score (nSPS) is 26.2. The number of amides is 2. The van der Waals surface area contributed by atoms with Crippen molar-refractivity contribution in [1.29, 1.82) is 0 Å². The summed E-state index contributed by atoms with van der Waals surface area (Å²) in [6, 6.07) is 7.05. The van der Waals surface area contributed by atoms with Gasteiger partial charge < -0.3 is 31.0 Å². The van der Waals surface area contributed by atoms with Crippen LogP contribution in [0.15, 0.2) is 29.3 Å². The van der Waals surface area contributed by atoms with E-state index < -0.39 is 13.2 Å². The number of benzene rings is 1. The lowest BCUT2D eigenvalue weighted by Crippen LogP contribution is -2.65. The molecule has 10 heteroatoms. The number of carbonyl (C=O) groups excluding carboxylic acids is 2. The van der Waals surface area contributed by atoms with E-state index in [1.165, 1.54) is 37.7 Å². The van der Waals surface area contributed by atoms with Gasteiger partial charge in [-0.1, -0.05) is 72.4 Å². The highest BCUT2D eigenvalue weighted by Gasteiger charge is 2.68. The molecule has 3 aliphatic carbocycles. The van der Waals surface area contributed by atoms with Crippen LogP contribution in [0.1, 0.15) is 122 Å². The Morgan fingerprint density at radius 1 is 1.04 bits per heavy atom. The topological polar surface area (TPSA) is 127 Å². The fourth-order valence-electron chi connectivity index (χ4n) is 7.97. The van der Waals surface area contributed by atoms with Gasteiger partial charge in [-0.2, -0.15) is 0 Å². The lowest BCUT2D eigenvalue weighted by Gasteiger charge is -2.64. The molecule has 256 valence electrons. The van der Waals surface area contributed by atoms with Gasteiger partial charge in [-0.05, 0) is 92.7 Å². The molecule has 4 fully saturated rings. The molecule has 1 aromatic carbocycles. The number of unbranched alkanes of at least 4 members (excludes halogenated alkanes) is 4. The van der Waals surface area contributed by atoms with E-state index in [1.54, 1.807) is 7.05 Å². The third-order valence-corrected chi connectivity index (χ3v) is 11.0. The molecule has 5 N–H and O–H groups in total. The number of aryl methyl sites for hydroxylation is 1. The summed E-state index contributed by atoms with van der Waals surface area (Å²) >= 11 is 0. The summed E-state index contributed by atoms with van der Waals surface area (Å²) in [5, 5.41) is 9.34. The number of carbonyl (C=O) groups is 2. The molecule has 3 saturated carbocycles. The molecule has 0 aromatic heterocycles. The van der Waals surface area contributed by atoms with E-state index in [1.807, 2.05) is 24.3 Å². The SMILES string of the molecule is CCCCCCCc1ccc(C(=O)N[C@@H](CCCNC(N)=NC)C(=O)N[C@@H](CC(C)C)B2O[C@@H]3C[C@@H]4C[C@@H](C4(C)C)[C@]3(C)O2)cc1. The minimum atomic E-state index is -0.729. The third kappa shape index (κ3) is 8.65. The summed E-state index contributed by atoms with van der Waals surface area (Å²) in [5.74, 6) is 0.942. The maximum absolute atomic E-state index is 14.0. The molecule has 1 heterocycles. The van der Waals surface area contributed by atoms with Gasteiger partial charge in [0.2, 0.25) is 5.91 Å². The van der Waals surface area contributed by atoms with Gasteiger partial charge in [0.25, 0.3) is 5.91 Å². The highest BCUT2D eigenvalue weighted by Crippen LogP contribution is 2.65. The van der Waals surface area contributed by atoms with Crippen molar-refractivity contribution in [3.8, 4) is 0 Å². The Kier molecular flexibility index (Phi) is 12.6. The number of nitrogens with one attached hydrogen (secondary N) is 3. The van der Waals surface area contributed by atoms with Crippen LogP contribution in [0.25, 0.3) is 0 Å². The maximum Gasteiger partial charge on any atom is 0.481 e. The van der Waals surface area contributed by atoms with Crippen LogP contribution in [-0.2, 0) is 20.5 Å². The molecular formula is C36H60BN5O4. The summed E-state index contributed by atoms with van der Waals surface area (Å²) in [5.41, 5.74) is 7.46. The van der Waals surface area contributed by atoms with Crippen LogP contribution in [-0.4, -0.2) is 62.2 Å². The van der Waals surface area contributed by atoms with E-state index in [9.17, 15) is 9.59 Å². The van der Waals surface area contributed by atoms with Crippen LogP contribution in [0.5, 0.6) is 0 Å². The molecule has 1 aromatic rings. The van der Waals surface area contributed by atoms with E-state index >= 15 is 0 Å². The smallest absolute Gasteiger partial charge is 0.404 e. The quantitative estimate of drug-likeness (QED) is 0.0783. The molecule has 0 radical (unpaired) electrons. The Balaban J connectivity index is 1.42. The van der Waals surface area contributed by atoms with E-state index in [2.05, 4.69) is 62.5 Å². The first-order chi connectivity index (χ1) is 21.9. The van der Waals surface area contributed by atoms with Crippen molar-refractivity contribution in [2.24, 2.45) is 33.9 Å². The highest BCUT2D eigenvalue weighted by molar-refractivity contribution is 6.48. The fraction of sp³-hybridized carbons (Fsp3) is 0.750. The first kappa shape index (κ1) is 36.3. The highest BCUT2D eigenvalue weighted by atomic mass is 16.7. The second-order valence-corrected chi connectivity index (χ2v) is 15.1. The number of nitrogens with zero attached hydrogens (tertiary/aromatic N) is 1. The summed E-state index contributed by atoms with van der Waals surface area (Å²) in [4.78, 5) is 31.3. The van der Waals surface area contributed by atoms with Crippen LogP contribution in [0, 0.1) is 23.2 Å². The van der Waals surface area contributed by atoms with Crippen LogP contribution < -0.4 is 21.7 Å². The molecule has 5 rings (SSSR count). The molecular weight excluding hydrogens is 577 g/mol. The minimum Gasteiger partial charge on any atom is -0.404 e. The molecule has 2 amide bonds. The standard InChI is InChI=1S/C36H60BN5O4/c1-8-9-10-11-12-14-25-16-18-26(19-17-25)32(43)41-28(15-13-20-40-34(38)39-7)33(44)42-31(21-24(2)3)37-45-30-23-27-22-29(35(27,4)5)36(30,6)46-37/h16-19,24,27-31H,8-15,20-23H2,1-7H3,(H,41,43)(H,42,44)(H3,38,39,40)/t27-,28-,29-,30+,31-,36-/m0/s1. The molecule has 6 atom stereocenters. The lowest BCUT2D eigenvalue weighted by molar-refractivity contribution is -0.199. The van der Waals surface area contributed by atoms with Crippen molar-refractivity contribution in [2.75, 3.05) is 13.6 Å². The summed E-state index contributed by atoms with van der Waals surface area (Å²) < 4.78 is 13.4. The minimum absolute atomic E-state index is 0.0346. The lowest BCUT2D eigenvalue weighted by atomic mass is 9.43. The molecule has 0 unspecified atom stereocenters. The second-order valence-electron chi connectivity index (χ2n) is 15.1. The van der Waals surface area contributed by atoms with Gasteiger partial charge in [-0.25, -0.2) is 0 Å². The predicted octanol–water partition coefficient (Wildman–Crippen LogP) is 5.41. The predicted molar refractivity (Wildman–Crippen MR) is 186 cm³/mol. The molecule has 1 aliphatic heterocycles. The van der Waals surface area contributed by atoms with E-state index in [0.29, 0.717) is 55.1 Å². The molecule has 2 bridgehead atoms. The Morgan fingerprint density at radius 2 is 1.76 bits per heavy atom. The fourth-order valence-corrected chi connectivity index (χ4v) is 7.97. The second kappa shape index (κ2) is 16.0. The van der Waals surface area contributed by atoms with Crippen molar-refractivity contribution in [3.05, 3.63) is 35.4 Å². The Labute approximate surface area is 278 Å². The van der Waals surface area contributed by atoms with Crippen molar-refractivity contribution in [2.45, 2.75) is 136 Å². The van der Waals surface area contributed by atoms with Crippen molar-refractivity contribution in [3.63, 3.8) is 0 Å². The third-order valence-electron chi connectivity index (χ3n) is 11.0. The van der Waals surface area contributed by atoms with Crippen molar-refractivity contribution < 1.29 is 18.9 Å². The van der Waals surface area contributed by atoms with E-state index in [4.69, 9.17) is 15.0 Å². The largest absolute Gasteiger partial charge is 0.481 e. The average Bonchev–Trinajstić information content (AvgIpc) is 3.39. The number of guanidine groups is 1. The van der Waals surface area contributed by atoms with Crippen molar-refractivity contribution >= 4 is 24.9 Å². The van der Waals surface area contributed by atoms with Crippen molar-refractivity contribution in [1.82, 2.24) is 16.0 Å². The maximum atomic E-state index is 14.0. The first-order valence-electron chi connectivity index (χ1n) is 17.9. The Hall–Kier alpha value is -2.59. The molecule has 46 heavy (non-hydrogen) atoms. The van der Waals surface area contributed by atoms with Gasteiger partial charge in [0.15, 0.2) is 5.96 Å². The van der Waals surface area contributed by atoms with Crippen LogP contribution in [0.4, 0.5) is 0 Å². The molecule has 0 spiro atoms. The zero-order valence-electron chi connectivity index (χ0n) is 29.5. The van der Waals surface area contributed by atoms with Crippen LogP contribution in [0.3, 0.4) is 0 Å². The average molecular weight is 638 g/mol. The van der Waals surface area contributed by atoms with Gasteiger partial charge in [-0.15, -0.1) is 0 Å². The zero-order chi connectivity index (χ0) is 33.5. The van der Waals surface area contributed by atoms with Crippen LogP contribution >= 0.6 is 0 Å². The number of nitrogens with two attached hydrogens (primary N) is 1. The van der Waals surface area contributed by atoms with Gasteiger partial charge in [0, 0.05) is 19.2 Å². The van der Waals surface area contributed by atoms with Gasteiger partial charge >= 0.3 is 7.12 Å². The summed E-state index contributed by atoms with van der Waals surface area (Å²) in [6.45, 7) is 13.9. The van der Waals surface area contributed by atoms with E-state index in [-0.39, 0.29) is 34.9 Å². The van der Waals surface area contributed by atoms with Gasteiger partial charge in [0.05, 0.1) is 17.6 Å². The number of aliphatic imine (C=N–C) groups is 1. The zero-order valence-corrected chi connectivity index (χ0v) is 29.5. The number of hydrogen-bond donors (Lipinski definition) is 4. The molecule has 9 nitrogen and oxygen atoms in total. The number of hydrogen-bond acceptors (Lipinski definition) is 5. The Morgan fingerprint density at radius 3 is 2.41 bits per heavy atom. The molecule has 1 saturated heterocycles.